The molecule has 0 aromatic heterocycles. The van der Waals surface area contributed by atoms with E-state index in [0.29, 0.717) is 6.33 Å². The van der Waals surface area contributed by atoms with E-state index in [4.69, 9.17) is 0 Å². The Morgan fingerprint density at radius 1 is 1.75 bits per heavy atom. The van der Waals surface area contributed by atoms with E-state index in [-0.39, 0.29) is 0 Å². The highest BCUT2D eigenvalue weighted by atomic mass is 78.9. The van der Waals surface area contributed by atoms with Crippen LogP contribution >= 0.6 is 15.9 Å². The molecule has 0 rings (SSSR count). The van der Waals surface area contributed by atoms with Gasteiger partial charge in [-0.05, 0) is 0 Å². The van der Waals surface area contributed by atoms with Crippen molar-refractivity contribution in [2.45, 2.75) is 0 Å². The first kappa shape index (κ1) is 4.15. The van der Waals surface area contributed by atoms with Crippen molar-refractivity contribution >= 4 is 15.9 Å². The zero-order chi connectivity index (χ0) is 3.41. The fraction of sp³-hybridized carbons (Fsp3) is 0. The quantitative estimate of drug-likeness (QED) is 0.462. The van der Waals surface area contributed by atoms with E-state index in [1.807, 2.05) is 0 Å². The molecule has 0 amide bonds. The minimum absolute atomic E-state index is 0.417. The van der Waals surface area contributed by atoms with Crippen molar-refractivity contribution in [1.29, 1.82) is 0 Å². The van der Waals surface area contributed by atoms with Crippen LogP contribution in [-0.2, 0) is 0 Å². The smallest absolute Gasteiger partial charge is 0.0936 e. The molecule has 0 unspecified atom stereocenters. The monoisotopic (exact) mass is 124 g/mol. The zero-order valence-corrected chi connectivity index (χ0v) is 3.50. The highest BCUT2D eigenvalue weighted by Crippen LogP contribution is 1.78. The number of hydrogen-bond donors (Lipinski definition) is 0. The van der Waals surface area contributed by atoms with Crippen molar-refractivity contribution in [2.24, 2.45) is 0 Å². The molecule has 0 aliphatic carbocycles. The third-order valence-corrected chi connectivity index (χ3v) is 0.247. The fourth-order valence-corrected chi connectivity index (χ4v) is 0. The molecule has 0 aliphatic heterocycles. The number of halogens is 2. The van der Waals surface area contributed by atoms with Crippen LogP contribution in [0, 0.1) is 0 Å². The van der Waals surface area contributed by atoms with Crippen molar-refractivity contribution in [3.8, 4) is 0 Å². The second kappa shape index (κ2) is 3.15. The summed E-state index contributed by atoms with van der Waals surface area (Å²) < 4.78 is 10.5. The second-order valence-electron chi connectivity index (χ2n) is 0.252. The second-order valence-corrected chi connectivity index (χ2v) is 0.781. The summed E-state index contributed by atoms with van der Waals surface area (Å²) in [6, 6.07) is 0. The van der Waals surface area contributed by atoms with Crippen molar-refractivity contribution in [3.63, 3.8) is 0 Å². The van der Waals surface area contributed by atoms with Gasteiger partial charge in [0, 0.05) is 4.99 Å². The standard InChI is InChI=1S/C2H2BrF/c3-1-2-4/h1-2H/b2-1-/i3-1. The van der Waals surface area contributed by atoms with Crippen LogP contribution in [0.1, 0.15) is 0 Å². The lowest BCUT2D eigenvalue weighted by Crippen LogP contribution is -1.13. The van der Waals surface area contributed by atoms with Gasteiger partial charge in [-0.1, -0.05) is 15.9 Å². The predicted molar refractivity (Wildman–Crippen MR) is 19.2 cm³/mol. The van der Waals surface area contributed by atoms with Crippen molar-refractivity contribution in [1.82, 2.24) is 0 Å². The lowest BCUT2D eigenvalue weighted by Gasteiger charge is -1.43. The van der Waals surface area contributed by atoms with Gasteiger partial charge in [-0.3, -0.25) is 0 Å². The van der Waals surface area contributed by atoms with Gasteiger partial charge in [-0.25, -0.2) is 4.39 Å². The first-order valence-corrected chi connectivity index (χ1v) is 1.69. The van der Waals surface area contributed by atoms with E-state index in [1.54, 1.807) is 0 Å². The molecule has 0 fully saturated rings. The summed E-state index contributed by atoms with van der Waals surface area (Å²) in [5.41, 5.74) is 0. The molecule has 0 radical (unpaired) electrons. The Bertz CT molecular complexity index is 21.2. The van der Waals surface area contributed by atoms with E-state index < -0.39 is 0 Å². The molecule has 0 aromatic carbocycles. The first-order valence-electron chi connectivity index (χ1n) is 0.770. The normalized spacial score (nSPS) is 9.50. The molecule has 0 aromatic rings. The molecule has 0 aliphatic rings. The van der Waals surface area contributed by atoms with Crippen LogP contribution in [-0.4, -0.2) is 0 Å². The summed E-state index contributed by atoms with van der Waals surface area (Å²) in [4.78, 5) is 1.15. The molecule has 0 spiro atoms. The Morgan fingerprint density at radius 3 is 2.00 bits per heavy atom. The summed E-state index contributed by atoms with van der Waals surface area (Å²) in [5.74, 6) is 0. The van der Waals surface area contributed by atoms with Crippen molar-refractivity contribution < 1.29 is 4.39 Å². The van der Waals surface area contributed by atoms with Gasteiger partial charge in [-0.2, -0.15) is 0 Å². The first-order chi connectivity index (χ1) is 1.91. The van der Waals surface area contributed by atoms with E-state index in [1.165, 1.54) is 0 Å². The maximum Gasteiger partial charge on any atom is 0.0936 e. The van der Waals surface area contributed by atoms with Crippen LogP contribution in [0.4, 0.5) is 4.39 Å². The molecule has 0 atom stereocenters. The van der Waals surface area contributed by atoms with E-state index >= 15 is 0 Å². The number of rotatable bonds is 0. The SMILES string of the molecule is F/C=C\[79Br]. The van der Waals surface area contributed by atoms with E-state index in [9.17, 15) is 4.39 Å². The van der Waals surface area contributed by atoms with Gasteiger partial charge in [0.1, 0.15) is 0 Å². The summed E-state index contributed by atoms with van der Waals surface area (Å²) in [5, 5.41) is 0. The maximum absolute atomic E-state index is 10.5. The summed E-state index contributed by atoms with van der Waals surface area (Å²) in [7, 11) is 0. The van der Waals surface area contributed by atoms with E-state index in [0.717, 1.165) is 4.99 Å². The highest BCUT2D eigenvalue weighted by molar-refractivity contribution is 9.11. The van der Waals surface area contributed by atoms with E-state index in [2.05, 4.69) is 15.9 Å². The molecule has 0 saturated carbocycles. The van der Waals surface area contributed by atoms with Gasteiger partial charge in [0.2, 0.25) is 0 Å². The van der Waals surface area contributed by atoms with Gasteiger partial charge >= 0.3 is 0 Å². The average Bonchev–Trinajstić information content (AvgIpc) is 1.37. The largest absolute Gasteiger partial charge is 0.215 e. The summed E-state index contributed by atoms with van der Waals surface area (Å²) in [6.07, 6.45) is 0.417. The molecule has 0 N–H and O–H groups in total. The van der Waals surface area contributed by atoms with Crippen LogP contribution in [0.2, 0.25) is 0 Å². The lowest BCUT2D eigenvalue weighted by molar-refractivity contribution is 0.724. The molecular formula is C2H2BrF. The zero-order valence-electron chi connectivity index (χ0n) is 1.91. The molecule has 24 valence electrons. The highest BCUT2D eigenvalue weighted by Gasteiger charge is 1.41. The van der Waals surface area contributed by atoms with Gasteiger partial charge in [0.05, 0.1) is 6.33 Å². The Labute approximate surface area is 32.4 Å². The van der Waals surface area contributed by atoms with Gasteiger partial charge in [0.15, 0.2) is 0 Å². The van der Waals surface area contributed by atoms with Crippen LogP contribution in [0.25, 0.3) is 0 Å². The Morgan fingerprint density at radius 2 is 2.00 bits per heavy atom. The molecule has 0 nitrogen and oxygen atoms in total. The van der Waals surface area contributed by atoms with Crippen LogP contribution < -0.4 is 0 Å². The average molecular weight is 124 g/mol. The Hall–Kier alpha value is 0.150. The third-order valence-electron chi connectivity index (χ3n) is 0.0476. The van der Waals surface area contributed by atoms with Crippen molar-refractivity contribution in [2.75, 3.05) is 0 Å². The molecular weight excluding hydrogens is 122 g/mol. The van der Waals surface area contributed by atoms with Gasteiger partial charge in [0.25, 0.3) is 0 Å². The van der Waals surface area contributed by atoms with Crippen molar-refractivity contribution in [3.05, 3.63) is 11.3 Å². The van der Waals surface area contributed by atoms with Crippen LogP contribution in [0.3, 0.4) is 0 Å². The lowest BCUT2D eigenvalue weighted by atomic mass is 11.2. The molecule has 0 heterocycles. The molecule has 0 bridgehead atoms. The predicted octanol–water partition coefficient (Wildman–Crippen LogP) is 1.82. The minimum atomic E-state index is 0.417. The fourth-order valence-electron chi connectivity index (χ4n) is 0. The summed E-state index contributed by atoms with van der Waals surface area (Å²) >= 11 is 2.69. The minimum Gasteiger partial charge on any atom is -0.215 e. The number of hydrogen-bond acceptors (Lipinski definition) is 0. The van der Waals surface area contributed by atoms with Gasteiger partial charge in [-0.15, -0.1) is 0 Å². The van der Waals surface area contributed by atoms with Crippen LogP contribution in [0.15, 0.2) is 11.3 Å². The molecule has 0 saturated heterocycles. The molecule has 2 heteroatoms. The topological polar surface area (TPSA) is 0 Å². The van der Waals surface area contributed by atoms with Gasteiger partial charge < -0.3 is 0 Å². The summed E-state index contributed by atoms with van der Waals surface area (Å²) in [6.45, 7) is 0. The third kappa shape index (κ3) is 2.15. The van der Waals surface area contributed by atoms with Crippen LogP contribution in [0.5, 0.6) is 0 Å². The Balaban J connectivity index is 2.55. The maximum atomic E-state index is 10.5. The molecule has 4 heavy (non-hydrogen) atoms. The Kier molecular flexibility index (Phi) is 3.27.